The molecule has 134 valence electrons. The molecule has 3 nitrogen and oxygen atoms in total. The molecule has 1 amide bonds. The van der Waals surface area contributed by atoms with Gasteiger partial charge in [-0.15, -0.1) is 0 Å². The summed E-state index contributed by atoms with van der Waals surface area (Å²) in [7, 11) is 0. The van der Waals surface area contributed by atoms with Gasteiger partial charge >= 0.3 is 0 Å². The van der Waals surface area contributed by atoms with Crippen molar-refractivity contribution in [3.05, 3.63) is 60.2 Å². The highest BCUT2D eigenvalue weighted by Gasteiger charge is 2.56. The van der Waals surface area contributed by atoms with Gasteiger partial charge in [0.05, 0.1) is 0 Å². The first kappa shape index (κ1) is 16.1. The Bertz CT molecular complexity index is 813. The van der Waals surface area contributed by atoms with Crippen LogP contribution in [0.4, 0.5) is 0 Å². The zero-order valence-corrected chi connectivity index (χ0v) is 15.1. The molecule has 0 heterocycles. The number of rotatable bonds is 3. The Labute approximate surface area is 155 Å². The van der Waals surface area contributed by atoms with Crippen molar-refractivity contribution in [3.63, 3.8) is 0 Å². The Morgan fingerprint density at radius 1 is 0.885 bits per heavy atom. The maximum absolute atomic E-state index is 12.9. The molecular formula is C23H26N2O. The van der Waals surface area contributed by atoms with Crippen LogP contribution in [0.3, 0.4) is 0 Å². The van der Waals surface area contributed by atoms with Crippen LogP contribution in [0, 0.1) is 11.8 Å². The second-order valence-electron chi connectivity index (χ2n) is 9.00. The van der Waals surface area contributed by atoms with Crippen molar-refractivity contribution in [3.8, 4) is 11.1 Å². The van der Waals surface area contributed by atoms with Gasteiger partial charge in [0.15, 0.2) is 0 Å². The summed E-state index contributed by atoms with van der Waals surface area (Å²) in [6.07, 6.45) is 6.76. The Kier molecular flexibility index (Phi) is 3.51. The van der Waals surface area contributed by atoms with E-state index in [4.69, 9.17) is 5.73 Å². The molecule has 0 radical (unpaired) electrons. The average Bonchev–Trinajstić information content (AvgIpc) is 2.60. The molecule has 2 aromatic carbocycles. The smallest absolute Gasteiger partial charge is 0.251 e. The van der Waals surface area contributed by atoms with E-state index in [0.717, 1.165) is 43.2 Å². The third-order valence-electron chi connectivity index (χ3n) is 6.74. The van der Waals surface area contributed by atoms with E-state index in [2.05, 4.69) is 17.4 Å². The lowest BCUT2D eigenvalue weighted by Crippen LogP contribution is -2.68. The zero-order valence-electron chi connectivity index (χ0n) is 15.1. The molecule has 4 atom stereocenters. The molecule has 3 heteroatoms. The van der Waals surface area contributed by atoms with Crippen molar-refractivity contribution in [2.24, 2.45) is 17.6 Å². The molecule has 4 aliphatic carbocycles. The number of hydrogen-bond acceptors (Lipinski definition) is 2. The number of hydrogen-bond donors (Lipinski definition) is 2. The second kappa shape index (κ2) is 5.68. The summed E-state index contributed by atoms with van der Waals surface area (Å²) in [4.78, 5) is 12.9. The molecule has 0 saturated heterocycles. The number of carbonyl (C=O) groups excluding carboxylic acids is 1. The molecule has 4 fully saturated rings. The lowest BCUT2D eigenvalue weighted by atomic mass is 9.50. The molecule has 4 bridgehead atoms. The molecule has 2 unspecified atom stereocenters. The van der Waals surface area contributed by atoms with Crippen LogP contribution in [-0.4, -0.2) is 17.0 Å². The summed E-state index contributed by atoms with van der Waals surface area (Å²) in [6.45, 7) is 0. The van der Waals surface area contributed by atoms with Gasteiger partial charge in [-0.1, -0.05) is 42.5 Å². The average molecular weight is 346 g/mol. The third-order valence-corrected chi connectivity index (χ3v) is 6.74. The third kappa shape index (κ3) is 2.75. The van der Waals surface area contributed by atoms with Crippen LogP contribution < -0.4 is 11.1 Å². The summed E-state index contributed by atoms with van der Waals surface area (Å²) in [6, 6.07) is 18.2. The van der Waals surface area contributed by atoms with Crippen LogP contribution in [0.5, 0.6) is 0 Å². The Morgan fingerprint density at radius 2 is 1.50 bits per heavy atom. The highest BCUT2D eigenvalue weighted by molar-refractivity contribution is 5.95. The maximum Gasteiger partial charge on any atom is 0.251 e. The predicted octanol–water partition coefficient (Wildman–Crippen LogP) is 4.13. The molecule has 2 aromatic rings. The van der Waals surface area contributed by atoms with Crippen LogP contribution in [0.2, 0.25) is 0 Å². The van der Waals surface area contributed by atoms with Gasteiger partial charge in [-0.2, -0.15) is 0 Å². The highest BCUT2D eigenvalue weighted by atomic mass is 16.1. The van der Waals surface area contributed by atoms with Gasteiger partial charge in [0.25, 0.3) is 5.91 Å². The monoisotopic (exact) mass is 346 g/mol. The maximum atomic E-state index is 12.9. The van der Waals surface area contributed by atoms with Crippen LogP contribution >= 0.6 is 0 Å². The molecule has 0 aromatic heterocycles. The Hall–Kier alpha value is -2.13. The van der Waals surface area contributed by atoms with E-state index in [1.165, 1.54) is 12.0 Å². The molecule has 6 rings (SSSR count). The minimum Gasteiger partial charge on any atom is -0.347 e. The van der Waals surface area contributed by atoms with Crippen LogP contribution in [0.15, 0.2) is 54.6 Å². The summed E-state index contributed by atoms with van der Waals surface area (Å²) in [5.74, 6) is 1.44. The molecule has 3 N–H and O–H groups in total. The molecule has 4 aliphatic rings. The standard InChI is InChI=1S/C23H26N2O/c24-22-11-16-10-17(12-22)14-23(13-16,15-22)25-21(26)20-8-6-19(7-9-20)18-4-2-1-3-5-18/h1-9,16-17H,10-15,24H2,(H,25,26)/t16-,17+,22?,23?. The summed E-state index contributed by atoms with van der Waals surface area (Å²) >= 11 is 0. The van der Waals surface area contributed by atoms with Crippen molar-refractivity contribution in [2.45, 2.75) is 49.6 Å². The first-order chi connectivity index (χ1) is 12.5. The van der Waals surface area contributed by atoms with Gasteiger partial charge < -0.3 is 11.1 Å². The first-order valence-corrected chi connectivity index (χ1v) is 9.80. The SMILES string of the molecule is NC12C[C@H]3C[C@@H](C1)CC(NC(=O)c1ccc(-c4ccccc4)cc1)(C3)C2. The number of nitrogens with two attached hydrogens (primary N) is 1. The minimum absolute atomic E-state index is 0.0471. The Balaban J connectivity index is 1.35. The van der Waals surface area contributed by atoms with E-state index < -0.39 is 0 Å². The zero-order chi connectivity index (χ0) is 17.8. The fourth-order valence-corrected chi connectivity index (χ4v) is 6.24. The summed E-state index contributed by atoms with van der Waals surface area (Å²) < 4.78 is 0. The van der Waals surface area contributed by atoms with Crippen molar-refractivity contribution in [2.75, 3.05) is 0 Å². The van der Waals surface area contributed by atoms with Gasteiger partial charge in [-0.3, -0.25) is 4.79 Å². The molecule has 26 heavy (non-hydrogen) atoms. The summed E-state index contributed by atoms with van der Waals surface area (Å²) in [5.41, 5.74) is 9.58. The van der Waals surface area contributed by atoms with Gasteiger partial charge in [0.2, 0.25) is 0 Å². The molecular weight excluding hydrogens is 320 g/mol. The molecule has 0 aliphatic heterocycles. The first-order valence-electron chi connectivity index (χ1n) is 9.80. The van der Waals surface area contributed by atoms with Crippen LogP contribution in [-0.2, 0) is 0 Å². The van der Waals surface area contributed by atoms with Crippen LogP contribution in [0.25, 0.3) is 11.1 Å². The normalized spacial score (nSPS) is 34.7. The second-order valence-corrected chi connectivity index (χ2v) is 9.00. The fourth-order valence-electron chi connectivity index (χ4n) is 6.24. The Morgan fingerprint density at radius 3 is 2.12 bits per heavy atom. The van der Waals surface area contributed by atoms with Crippen LogP contribution in [0.1, 0.15) is 48.9 Å². The van der Waals surface area contributed by atoms with Crippen molar-refractivity contribution >= 4 is 5.91 Å². The molecule has 4 saturated carbocycles. The molecule has 0 spiro atoms. The number of benzene rings is 2. The van der Waals surface area contributed by atoms with Crippen molar-refractivity contribution < 1.29 is 4.79 Å². The number of amides is 1. The topological polar surface area (TPSA) is 55.1 Å². The predicted molar refractivity (Wildman–Crippen MR) is 104 cm³/mol. The van der Waals surface area contributed by atoms with E-state index >= 15 is 0 Å². The lowest BCUT2D eigenvalue weighted by Gasteiger charge is -2.61. The minimum atomic E-state index is -0.0754. The van der Waals surface area contributed by atoms with Gasteiger partial charge in [-0.25, -0.2) is 0 Å². The van der Waals surface area contributed by atoms with Gasteiger partial charge in [0, 0.05) is 16.6 Å². The quantitative estimate of drug-likeness (QED) is 0.878. The van der Waals surface area contributed by atoms with Gasteiger partial charge in [-0.05, 0) is 73.6 Å². The van der Waals surface area contributed by atoms with Crippen molar-refractivity contribution in [1.82, 2.24) is 5.32 Å². The van der Waals surface area contributed by atoms with Crippen molar-refractivity contribution in [1.29, 1.82) is 0 Å². The largest absolute Gasteiger partial charge is 0.347 e. The summed E-state index contributed by atoms with van der Waals surface area (Å²) in [5, 5.41) is 3.41. The van der Waals surface area contributed by atoms with E-state index in [1.54, 1.807) is 0 Å². The van der Waals surface area contributed by atoms with E-state index in [9.17, 15) is 4.79 Å². The van der Waals surface area contributed by atoms with E-state index in [1.807, 2.05) is 42.5 Å². The van der Waals surface area contributed by atoms with Gasteiger partial charge in [0.1, 0.15) is 0 Å². The number of nitrogens with one attached hydrogen (secondary N) is 1. The van der Waals surface area contributed by atoms with E-state index in [-0.39, 0.29) is 17.0 Å². The highest BCUT2D eigenvalue weighted by Crippen LogP contribution is 2.56. The lowest BCUT2D eigenvalue weighted by molar-refractivity contribution is -0.0320. The number of carbonyl (C=O) groups is 1. The fraction of sp³-hybridized carbons (Fsp3) is 0.435. The van der Waals surface area contributed by atoms with E-state index in [0.29, 0.717) is 11.8 Å².